The Morgan fingerprint density at radius 3 is 2.55 bits per heavy atom. The first-order chi connectivity index (χ1) is 5.07. The smallest absolute Gasteiger partial charge is 0.340 e. The van der Waals surface area contributed by atoms with Crippen molar-refractivity contribution in [1.82, 2.24) is 0 Å². The average Bonchev–Trinajstić information content (AvgIpc) is 1.87. The van der Waals surface area contributed by atoms with E-state index in [4.69, 9.17) is 5.11 Å². The molecule has 0 aliphatic carbocycles. The second-order valence-corrected chi connectivity index (χ2v) is 1.91. The highest BCUT2D eigenvalue weighted by Gasteiger charge is 2.04. The molecule has 0 rings (SSSR count). The van der Waals surface area contributed by atoms with E-state index in [0.717, 1.165) is 0 Å². The van der Waals surface area contributed by atoms with Gasteiger partial charge >= 0.3 is 5.97 Å². The van der Waals surface area contributed by atoms with Crippen molar-refractivity contribution in [2.24, 2.45) is 0 Å². The number of hydrogen-bond donors (Lipinski definition) is 1. The summed E-state index contributed by atoms with van der Waals surface area (Å²) in [6, 6.07) is 0. The molecule has 3 nitrogen and oxygen atoms in total. The van der Waals surface area contributed by atoms with Crippen LogP contribution in [-0.2, 0) is 9.53 Å². The van der Waals surface area contributed by atoms with Crippen LogP contribution in [0, 0.1) is 0 Å². The van der Waals surface area contributed by atoms with Gasteiger partial charge in [-0.25, -0.2) is 4.79 Å². The number of aliphatic hydroxyl groups excluding tert-OH is 1. The Morgan fingerprint density at radius 1 is 1.64 bits per heavy atom. The molecule has 0 heterocycles. The van der Waals surface area contributed by atoms with Crippen LogP contribution in [0.4, 0.5) is 0 Å². The summed E-state index contributed by atoms with van der Waals surface area (Å²) in [5.74, 6) is -1.13. The van der Waals surface area contributed by atoms with Crippen molar-refractivity contribution in [3.63, 3.8) is 0 Å². The van der Waals surface area contributed by atoms with Crippen LogP contribution < -0.4 is 0 Å². The molecule has 0 aliphatic rings. The van der Waals surface area contributed by atoms with E-state index in [1.807, 2.05) is 0 Å². The Hall–Kier alpha value is -1.51. The molecule has 0 aliphatic heterocycles. The zero-order valence-corrected chi connectivity index (χ0v) is 6.33. The zero-order chi connectivity index (χ0) is 8.85. The number of hydrogen-bond acceptors (Lipinski definition) is 3. The molecule has 0 amide bonds. The van der Waals surface area contributed by atoms with E-state index in [0.29, 0.717) is 0 Å². The monoisotopic (exact) mass is 154 g/mol. The van der Waals surface area contributed by atoms with Gasteiger partial charge in [0.05, 0.1) is 0 Å². The fourth-order valence-electron chi connectivity index (χ4n) is 0.317. The molecule has 0 aromatic heterocycles. The van der Waals surface area contributed by atoms with Crippen molar-refractivity contribution in [3.8, 4) is 0 Å². The predicted molar refractivity (Wildman–Crippen MR) is 41.8 cm³/mol. The van der Waals surface area contributed by atoms with E-state index in [9.17, 15) is 4.79 Å². The molecule has 0 bridgehead atoms. The van der Waals surface area contributed by atoms with Crippen molar-refractivity contribution in [1.29, 1.82) is 0 Å². The third-order valence-electron chi connectivity index (χ3n) is 0.806. The molecule has 0 fully saturated rings. The highest BCUT2D eigenvalue weighted by atomic mass is 16.6. The predicted octanol–water partition coefficient (Wildman–Crippen LogP) is 1.69. The number of rotatable bonds is 3. The molecular formula is C8H10O3. The van der Waals surface area contributed by atoms with Crippen LogP contribution in [-0.4, -0.2) is 11.1 Å². The van der Waals surface area contributed by atoms with Crippen LogP contribution in [0.15, 0.2) is 36.8 Å². The Kier molecular flexibility index (Phi) is 3.73. The number of esters is 1. The molecule has 0 atom stereocenters. The van der Waals surface area contributed by atoms with Gasteiger partial charge in [-0.1, -0.05) is 19.2 Å². The lowest BCUT2D eigenvalue weighted by Crippen LogP contribution is -2.03. The first kappa shape index (κ1) is 9.49. The van der Waals surface area contributed by atoms with Crippen LogP contribution in [0.5, 0.6) is 0 Å². The van der Waals surface area contributed by atoms with Gasteiger partial charge in [-0.2, -0.15) is 0 Å². The lowest BCUT2D eigenvalue weighted by Gasteiger charge is -1.99. The molecule has 3 heteroatoms. The summed E-state index contributed by atoms with van der Waals surface area (Å²) in [5, 5.41) is 8.77. The van der Waals surface area contributed by atoms with E-state index in [1.165, 1.54) is 19.1 Å². The van der Waals surface area contributed by atoms with Gasteiger partial charge in [-0.15, -0.1) is 0 Å². The van der Waals surface area contributed by atoms with Crippen molar-refractivity contribution in [3.05, 3.63) is 36.8 Å². The van der Waals surface area contributed by atoms with Gasteiger partial charge in [0.2, 0.25) is 0 Å². The van der Waals surface area contributed by atoms with E-state index >= 15 is 0 Å². The van der Waals surface area contributed by atoms with Gasteiger partial charge in [0.15, 0.2) is 0 Å². The molecule has 1 N–H and O–H groups in total. The van der Waals surface area contributed by atoms with Gasteiger partial charge in [0, 0.05) is 11.6 Å². The second kappa shape index (κ2) is 4.33. The maximum atomic E-state index is 10.7. The number of ether oxygens (including phenoxy) is 1. The lowest BCUT2D eigenvalue weighted by atomic mass is 10.4. The van der Waals surface area contributed by atoms with E-state index in [-0.39, 0.29) is 5.57 Å². The van der Waals surface area contributed by atoms with E-state index in [2.05, 4.69) is 17.9 Å². The quantitative estimate of drug-likeness (QED) is 0.291. The fourth-order valence-corrected chi connectivity index (χ4v) is 0.317. The minimum atomic E-state index is -0.652. The first-order valence-corrected chi connectivity index (χ1v) is 2.97. The highest BCUT2D eigenvalue weighted by molar-refractivity contribution is 5.87. The minimum Gasteiger partial charge on any atom is -0.481 e. The SMILES string of the molecule is C=C/C=C(\O)OC(=O)C(=C)C. The zero-order valence-electron chi connectivity index (χ0n) is 6.33. The minimum absolute atomic E-state index is 0.231. The average molecular weight is 154 g/mol. The molecule has 0 spiro atoms. The van der Waals surface area contributed by atoms with Gasteiger partial charge in [0.1, 0.15) is 0 Å². The summed E-state index contributed by atoms with van der Waals surface area (Å²) in [6.45, 7) is 8.12. The van der Waals surface area contributed by atoms with Crippen LogP contribution in [0.3, 0.4) is 0 Å². The summed E-state index contributed by atoms with van der Waals surface area (Å²) in [5.41, 5.74) is 0.231. The van der Waals surface area contributed by atoms with Crippen LogP contribution in [0.1, 0.15) is 6.92 Å². The Balaban J connectivity index is 4.05. The van der Waals surface area contributed by atoms with Gasteiger partial charge < -0.3 is 9.84 Å². The van der Waals surface area contributed by atoms with Gasteiger partial charge in [-0.05, 0) is 6.92 Å². The van der Waals surface area contributed by atoms with Gasteiger partial charge in [0.25, 0.3) is 5.95 Å². The molecule has 0 saturated heterocycles. The number of carbonyl (C=O) groups is 1. The summed E-state index contributed by atoms with van der Waals surface area (Å²) >= 11 is 0. The molecule has 11 heavy (non-hydrogen) atoms. The maximum Gasteiger partial charge on any atom is 0.340 e. The third kappa shape index (κ3) is 3.97. The van der Waals surface area contributed by atoms with E-state index < -0.39 is 11.9 Å². The molecule has 0 radical (unpaired) electrons. The Labute approximate surface area is 65.3 Å². The summed E-state index contributed by atoms with van der Waals surface area (Å²) in [6.07, 6.45) is 2.47. The maximum absolute atomic E-state index is 10.7. The van der Waals surface area contributed by atoms with Crippen LogP contribution in [0.2, 0.25) is 0 Å². The topological polar surface area (TPSA) is 46.5 Å². The summed E-state index contributed by atoms with van der Waals surface area (Å²) in [4.78, 5) is 10.7. The van der Waals surface area contributed by atoms with E-state index in [1.54, 1.807) is 0 Å². The molecule has 0 aromatic carbocycles. The van der Waals surface area contributed by atoms with Crippen molar-refractivity contribution >= 4 is 5.97 Å². The van der Waals surface area contributed by atoms with Crippen LogP contribution >= 0.6 is 0 Å². The summed E-state index contributed by atoms with van der Waals surface area (Å²) in [7, 11) is 0. The molecule has 60 valence electrons. The molecule has 0 unspecified atom stereocenters. The van der Waals surface area contributed by atoms with Crippen LogP contribution in [0.25, 0.3) is 0 Å². The molecule has 0 aromatic rings. The summed E-state index contributed by atoms with van der Waals surface area (Å²) < 4.78 is 4.36. The molecule has 0 saturated carbocycles. The van der Waals surface area contributed by atoms with Crippen molar-refractivity contribution < 1.29 is 14.6 Å². The fraction of sp³-hybridized carbons (Fsp3) is 0.125. The second-order valence-electron chi connectivity index (χ2n) is 1.91. The van der Waals surface area contributed by atoms with Crippen molar-refractivity contribution in [2.75, 3.05) is 0 Å². The van der Waals surface area contributed by atoms with Crippen molar-refractivity contribution in [2.45, 2.75) is 6.92 Å². The number of allylic oxidation sites excluding steroid dienone is 2. The standard InChI is InChI=1S/C8H10O3/c1-4-5-7(9)11-8(10)6(2)3/h4-5,9H,1-2H2,3H3/b7-5+. The first-order valence-electron chi connectivity index (χ1n) is 2.97. The number of aliphatic hydroxyl groups is 1. The van der Waals surface area contributed by atoms with Gasteiger partial charge in [-0.3, -0.25) is 0 Å². The molecular weight excluding hydrogens is 144 g/mol. The normalized spacial score (nSPS) is 10.5. The Morgan fingerprint density at radius 2 is 2.18 bits per heavy atom. The Bertz CT molecular complexity index is 213. The largest absolute Gasteiger partial charge is 0.481 e. The highest BCUT2D eigenvalue weighted by Crippen LogP contribution is 1.98. The third-order valence-corrected chi connectivity index (χ3v) is 0.806. The lowest BCUT2D eigenvalue weighted by molar-refractivity contribution is -0.138. The number of carbonyl (C=O) groups excluding carboxylic acids is 1.